The highest BCUT2D eigenvalue weighted by atomic mass is 79.9. The number of aryl methyl sites for hydroxylation is 1. The van der Waals surface area contributed by atoms with E-state index in [-0.39, 0.29) is 5.78 Å². The van der Waals surface area contributed by atoms with Gasteiger partial charge in [0.2, 0.25) is 0 Å². The number of hydrogen-bond donors (Lipinski definition) is 0. The van der Waals surface area contributed by atoms with E-state index in [1.807, 2.05) is 24.3 Å². The lowest BCUT2D eigenvalue weighted by Crippen LogP contribution is -2.31. The third kappa shape index (κ3) is 3.35. The Morgan fingerprint density at radius 3 is 2.67 bits per heavy atom. The monoisotopic (exact) mass is 343 g/mol. The number of fused-ring (bicyclic) bond motifs is 1. The first-order valence-electron chi connectivity index (χ1n) is 7.35. The van der Waals surface area contributed by atoms with E-state index >= 15 is 0 Å². The second-order valence-electron chi connectivity index (χ2n) is 5.40. The zero-order valence-corrected chi connectivity index (χ0v) is 13.5. The summed E-state index contributed by atoms with van der Waals surface area (Å²) in [6.45, 7) is 1.84. The molecule has 0 aliphatic carbocycles. The summed E-state index contributed by atoms with van der Waals surface area (Å²) in [5, 5.41) is 0. The predicted molar refractivity (Wildman–Crippen MR) is 90.1 cm³/mol. The van der Waals surface area contributed by atoms with Crippen LogP contribution in [0.2, 0.25) is 0 Å². The van der Waals surface area contributed by atoms with Gasteiger partial charge in [-0.1, -0.05) is 46.3 Å². The number of para-hydroxylation sites is 1. The SMILES string of the molecule is O=C(CCN1CCCc2ccccc21)c1ccc(Br)cc1. The van der Waals surface area contributed by atoms with Crippen molar-refractivity contribution in [1.29, 1.82) is 0 Å². The predicted octanol–water partition coefficient (Wildman–Crippen LogP) is 4.47. The fourth-order valence-corrected chi connectivity index (χ4v) is 3.12. The highest BCUT2D eigenvalue weighted by Crippen LogP contribution is 2.26. The van der Waals surface area contributed by atoms with Crippen molar-refractivity contribution < 1.29 is 4.79 Å². The lowest BCUT2D eigenvalue weighted by molar-refractivity contribution is 0.0984. The van der Waals surface area contributed by atoms with Crippen molar-refractivity contribution in [3.8, 4) is 0 Å². The van der Waals surface area contributed by atoms with Gasteiger partial charge in [0.05, 0.1) is 0 Å². The van der Waals surface area contributed by atoms with Gasteiger partial charge in [0.25, 0.3) is 0 Å². The van der Waals surface area contributed by atoms with E-state index < -0.39 is 0 Å². The van der Waals surface area contributed by atoms with Crippen LogP contribution in [0.3, 0.4) is 0 Å². The van der Waals surface area contributed by atoms with Crippen molar-refractivity contribution in [2.45, 2.75) is 19.3 Å². The Balaban J connectivity index is 1.66. The molecule has 0 unspecified atom stereocenters. The summed E-state index contributed by atoms with van der Waals surface area (Å²) in [4.78, 5) is 14.6. The van der Waals surface area contributed by atoms with E-state index in [0.29, 0.717) is 6.42 Å². The molecule has 0 fully saturated rings. The third-order valence-corrected chi connectivity index (χ3v) is 4.51. The van der Waals surface area contributed by atoms with Crippen molar-refractivity contribution in [2.24, 2.45) is 0 Å². The lowest BCUT2D eigenvalue weighted by Gasteiger charge is -2.31. The first-order valence-corrected chi connectivity index (χ1v) is 8.15. The van der Waals surface area contributed by atoms with E-state index in [1.165, 1.54) is 17.7 Å². The Labute approximate surface area is 133 Å². The molecule has 2 nitrogen and oxygen atoms in total. The number of benzene rings is 2. The van der Waals surface area contributed by atoms with Gasteiger partial charge in [-0.25, -0.2) is 0 Å². The van der Waals surface area contributed by atoms with Crippen LogP contribution < -0.4 is 4.90 Å². The fourth-order valence-electron chi connectivity index (χ4n) is 2.86. The molecule has 1 heterocycles. The summed E-state index contributed by atoms with van der Waals surface area (Å²) >= 11 is 3.39. The van der Waals surface area contributed by atoms with Gasteiger partial charge in [-0.05, 0) is 36.6 Å². The summed E-state index contributed by atoms with van der Waals surface area (Å²) in [6.07, 6.45) is 2.88. The minimum Gasteiger partial charge on any atom is -0.371 e. The van der Waals surface area contributed by atoms with Gasteiger partial charge >= 0.3 is 0 Å². The molecule has 0 bridgehead atoms. The van der Waals surface area contributed by atoms with E-state index in [0.717, 1.165) is 29.5 Å². The van der Waals surface area contributed by atoms with Gasteiger partial charge in [0.1, 0.15) is 0 Å². The highest BCUT2D eigenvalue weighted by Gasteiger charge is 2.17. The minimum atomic E-state index is 0.213. The number of ketones is 1. The third-order valence-electron chi connectivity index (χ3n) is 3.98. The van der Waals surface area contributed by atoms with Crippen LogP contribution in [0.5, 0.6) is 0 Å². The van der Waals surface area contributed by atoms with Crippen LogP contribution >= 0.6 is 15.9 Å². The Morgan fingerprint density at radius 2 is 1.86 bits per heavy atom. The van der Waals surface area contributed by atoms with E-state index in [1.54, 1.807) is 0 Å². The largest absolute Gasteiger partial charge is 0.371 e. The molecule has 0 atom stereocenters. The lowest BCUT2D eigenvalue weighted by atomic mass is 10.0. The van der Waals surface area contributed by atoms with E-state index in [4.69, 9.17) is 0 Å². The first kappa shape index (κ1) is 14.3. The van der Waals surface area contributed by atoms with Crippen LogP contribution in [-0.4, -0.2) is 18.9 Å². The molecule has 1 aliphatic heterocycles. The summed E-state index contributed by atoms with van der Waals surface area (Å²) < 4.78 is 1.00. The van der Waals surface area contributed by atoms with Crippen molar-refractivity contribution in [3.05, 3.63) is 64.1 Å². The van der Waals surface area contributed by atoms with Crippen LogP contribution in [0.4, 0.5) is 5.69 Å². The van der Waals surface area contributed by atoms with Gasteiger partial charge in [-0.2, -0.15) is 0 Å². The number of hydrogen-bond acceptors (Lipinski definition) is 2. The number of anilines is 1. The molecule has 2 aromatic carbocycles. The van der Waals surface area contributed by atoms with Gasteiger partial charge in [-0.3, -0.25) is 4.79 Å². The van der Waals surface area contributed by atoms with E-state index in [9.17, 15) is 4.79 Å². The zero-order chi connectivity index (χ0) is 14.7. The Hall–Kier alpha value is -1.61. The average molecular weight is 344 g/mol. The topological polar surface area (TPSA) is 20.3 Å². The van der Waals surface area contributed by atoms with Crippen LogP contribution in [0.25, 0.3) is 0 Å². The molecule has 3 heteroatoms. The van der Waals surface area contributed by atoms with E-state index in [2.05, 4.69) is 45.1 Å². The van der Waals surface area contributed by atoms with Crippen molar-refractivity contribution >= 4 is 27.4 Å². The molecule has 0 spiro atoms. The fraction of sp³-hybridized carbons (Fsp3) is 0.278. The highest BCUT2D eigenvalue weighted by molar-refractivity contribution is 9.10. The molecule has 0 radical (unpaired) electrons. The minimum absolute atomic E-state index is 0.213. The standard InChI is InChI=1S/C18H18BrNO/c19-16-9-7-15(8-10-16)18(21)11-13-20-12-3-5-14-4-1-2-6-17(14)20/h1-2,4,6-10H,3,5,11-13H2. The van der Waals surface area contributed by atoms with Crippen LogP contribution in [0.1, 0.15) is 28.8 Å². The van der Waals surface area contributed by atoms with Crippen molar-refractivity contribution in [3.63, 3.8) is 0 Å². The van der Waals surface area contributed by atoms with Gasteiger partial charge in [0.15, 0.2) is 5.78 Å². The normalized spacial score (nSPS) is 13.9. The summed E-state index contributed by atoms with van der Waals surface area (Å²) in [6, 6.07) is 16.1. The molecule has 0 amide bonds. The van der Waals surface area contributed by atoms with Crippen molar-refractivity contribution in [1.82, 2.24) is 0 Å². The Bertz CT molecular complexity index is 636. The Morgan fingerprint density at radius 1 is 1.10 bits per heavy atom. The van der Waals surface area contributed by atoms with Crippen molar-refractivity contribution in [2.75, 3.05) is 18.0 Å². The van der Waals surface area contributed by atoms with Gasteiger partial charge < -0.3 is 4.90 Å². The molecule has 1 aliphatic rings. The average Bonchev–Trinajstić information content (AvgIpc) is 2.53. The quantitative estimate of drug-likeness (QED) is 0.763. The zero-order valence-electron chi connectivity index (χ0n) is 11.9. The molecule has 0 saturated heterocycles. The summed E-state index contributed by atoms with van der Waals surface area (Å²) in [5.41, 5.74) is 3.50. The number of rotatable bonds is 4. The smallest absolute Gasteiger partial charge is 0.164 e. The number of halogens is 1. The summed E-state index contributed by atoms with van der Waals surface area (Å²) in [5.74, 6) is 0.213. The molecule has 21 heavy (non-hydrogen) atoms. The van der Waals surface area contributed by atoms with Gasteiger partial charge in [0, 0.05) is 35.2 Å². The number of carbonyl (C=O) groups excluding carboxylic acids is 1. The second-order valence-corrected chi connectivity index (χ2v) is 6.32. The molecule has 0 saturated carbocycles. The molecule has 0 N–H and O–H groups in total. The van der Waals surface area contributed by atoms with Crippen LogP contribution in [0, 0.1) is 0 Å². The first-order chi connectivity index (χ1) is 10.2. The number of nitrogens with zero attached hydrogens (tertiary/aromatic N) is 1. The molecular formula is C18H18BrNO. The second kappa shape index (κ2) is 6.44. The maximum Gasteiger partial charge on any atom is 0.164 e. The number of carbonyl (C=O) groups is 1. The summed E-state index contributed by atoms with van der Waals surface area (Å²) in [7, 11) is 0. The molecule has 0 aromatic heterocycles. The maximum atomic E-state index is 12.3. The molecule has 3 rings (SSSR count). The molecular weight excluding hydrogens is 326 g/mol. The Kier molecular flexibility index (Phi) is 4.39. The maximum absolute atomic E-state index is 12.3. The van der Waals surface area contributed by atoms with Crippen LogP contribution in [0.15, 0.2) is 53.0 Å². The molecule has 108 valence electrons. The molecule has 2 aromatic rings. The van der Waals surface area contributed by atoms with Crippen LogP contribution in [-0.2, 0) is 6.42 Å². The van der Waals surface area contributed by atoms with Gasteiger partial charge in [-0.15, -0.1) is 0 Å². The number of Topliss-reactive ketones (excluding diaryl/α,β-unsaturated/α-hetero) is 1.